The summed E-state index contributed by atoms with van der Waals surface area (Å²) in [5.74, 6) is 0.425. The van der Waals surface area contributed by atoms with E-state index in [4.69, 9.17) is 10.5 Å². The number of aromatic nitrogens is 2. The smallest absolute Gasteiger partial charge is 0.310 e. The molecule has 0 saturated carbocycles. The summed E-state index contributed by atoms with van der Waals surface area (Å²) in [5, 5.41) is 0.731. The van der Waals surface area contributed by atoms with Crippen molar-refractivity contribution in [2.24, 2.45) is 5.92 Å². The highest BCUT2D eigenvalue weighted by Crippen LogP contribution is 2.35. The first kappa shape index (κ1) is 17.5. The highest BCUT2D eigenvalue weighted by molar-refractivity contribution is 7.99. The standard InChI is InChI=1S/C18H22N4O2S/c1-2-24-18(23)13-7-6-10-22(11-13)16-15(19)17(21-12-20-16)25-14-8-4-3-5-9-14/h3-5,8-9,12-13H,2,6-7,10-11,19H2,1H3. The molecule has 1 atom stereocenters. The predicted octanol–water partition coefficient (Wildman–Crippen LogP) is 2.99. The van der Waals surface area contributed by atoms with Crippen LogP contribution in [-0.4, -0.2) is 35.6 Å². The Balaban J connectivity index is 1.78. The first-order valence-corrected chi connectivity index (χ1v) is 9.25. The van der Waals surface area contributed by atoms with Gasteiger partial charge in [0.2, 0.25) is 0 Å². The van der Waals surface area contributed by atoms with Gasteiger partial charge >= 0.3 is 5.97 Å². The lowest BCUT2D eigenvalue weighted by molar-refractivity contribution is -0.148. The summed E-state index contributed by atoms with van der Waals surface area (Å²) in [7, 11) is 0. The lowest BCUT2D eigenvalue weighted by Gasteiger charge is -2.33. The Morgan fingerprint density at radius 1 is 1.36 bits per heavy atom. The van der Waals surface area contributed by atoms with E-state index in [0.717, 1.165) is 29.3 Å². The molecule has 0 aliphatic carbocycles. The normalized spacial score (nSPS) is 17.3. The molecule has 1 aliphatic rings. The molecule has 1 aliphatic heterocycles. The van der Waals surface area contributed by atoms with E-state index in [1.165, 1.54) is 18.1 Å². The van der Waals surface area contributed by atoms with Gasteiger partial charge in [-0.05, 0) is 31.9 Å². The summed E-state index contributed by atoms with van der Waals surface area (Å²) in [5.41, 5.74) is 6.89. The molecular formula is C18H22N4O2S. The molecule has 0 radical (unpaired) electrons. The molecule has 1 aromatic heterocycles. The summed E-state index contributed by atoms with van der Waals surface area (Å²) in [6.45, 7) is 3.64. The molecule has 0 amide bonds. The quantitative estimate of drug-likeness (QED) is 0.650. The number of esters is 1. The van der Waals surface area contributed by atoms with E-state index < -0.39 is 0 Å². The minimum Gasteiger partial charge on any atom is -0.466 e. The number of nitrogen functional groups attached to an aromatic ring is 1. The third-order valence-electron chi connectivity index (χ3n) is 4.12. The number of ether oxygens (including phenoxy) is 1. The van der Waals surface area contributed by atoms with Gasteiger partial charge in [-0.1, -0.05) is 30.0 Å². The van der Waals surface area contributed by atoms with Crippen LogP contribution in [0.5, 0.6) is 0 Å². The maximum absolute atomic E-state index is 12.1. The van der Waals surface area contributed by atoms with Gasteiger partial charge in [0.25, 0.3) is 0 Å². The van der Waals surface area contributed by atoms with Crippen molar-refractivity contribution in [3.8, 4) is 0 Å². The van der Waals surface area contributed by atoms with Crippen molar-refractivity contribution in [1.82, 2.24) is 9.97 Å². The van der Waals surface area contributed by atoms with Gasteiger partial charge in [0, 0.05) is 18.0 Å². The first-order valence-electron chi connectivity index (χ1n) is 8.44. The van der Waals surface area contributed by atoms with Crippen molar-refractivity contribution < 1.29 is 9.53 Å². The summed E-state index contributed by atoms with van der Waals surface area (Å²) in [4.78, 5) is 23.9. The fourth-order valence-corrected chi connectivity index (χ4v) is 3.74. The van der Waals surface area contributed by atoms with Crippen molar-refractivity contribution in [3.05, 3.63) is 36.7 Å². The molecule has 132 valence electrons. The fraction of sp³-hybridized carbons (Fsp3) is 0.389. The summed E-state index contributed by atoms with van der Waals surface area (Å²) in [6.07, 6.45) is 3.28. The van der Waals surface area contributed by atoms with Crippen molar-refractivity contribution in [2.75, 3.05) is 30.3 Å². The Labute approximate surface area is 151 Å². The first-order chi connectivity index (χ1) is 12.2. The Hall–Kier alpha value is -2.28. The molecule has 6 nitrogen and oxygen atoms in total. The number of nitrogens with zero attached hydrogens (tertiary/aromatic N) is 3. The maximum atomic E-state index is 12.1. The molecule has 2 N–H and O–H groups in total. The van der Waals surface area contributed by atoms with Crippen LogP contribution in [0.3, 0.4) is 0 Å². The molecule has 1 unspecified atom stereocenters. The maximum Gasteiger partial charge on any atom is 0.310 e. The zero-order chi connectivity index (χ0) is 17.6. The molecule has 0 spiro atoms. The minimum absolute atomic E-state index is 0.131. The second kappa shape index (κ2) is 8.20. The predicted molar refractivity (Wildman–Crippen MR) is 98.6 cm³/mol. The van der Waals surface area contributed by atoms with Crippen LogP contribution in [0.1, 0.15) is 19.8 Å². The molecule has 1 fully saturated rings. The van der Waals surface area contributed by atoms with Gasteiger partial charge in [-0.15, -0.1) is 0 Å². The summed E-state index contributed by atoms with van der Waals surface area (Å²) < 4.78 is 5.16. The molecule has 1 aromatic carbocycles. The molecule has 25 heavy (non-hydrogen) atoms. The third kappa shape index (κ3) is 4.22. The van der Waals surface area contributed by atoms with Crippen LogP contribution in [-0.2, 0) is 9.53 Å². The van der Waals surface area contributed by atoms with E-state index in [-0.39, 0.29) is 11.9 Å². The molecule has 1 saturated heterocycles. The fourth-order valence-electron chi connectivity index (χ4n) is 2.93. The van der Waals surface area contributed by atoms with Crippen LogP contribution in [0.25, 0.3) is 0 Å². The second-order valence-corrected chi connectivity index (χ2v) is 6.93. The van der Waals surface area contributed by atoms with Crippen LogP contribution in [0, 0.1) is 5.92 Å². The van der Waals surface area contributed by atoms with Crippen LogP contribution in [0.4, 0.5) is 11.5 Å². The number of carbonyl (C=O) groups is 1. The molecule has 3 rings (SSSR count). The number of piperidine rings is 1. The van der Waals surface area contributed by atoms with Crippen molar-refractivity contribution in [1.29, 1.82) is 0 Å². The zero-order valence-electron chi connectivity index (χ0n) is 14.2. The van der Waals surface area contributed by atoms with Crippen LogP contribution in [0.2, 0.25) is 0 Å². The average molecular weight is 358 g/mol. The Kier molecular flexibility index (Phi) is 5.75. The van der Waals surface area contributed by atoms with Gasteiger partial charge in [-0.25, -0.2) is 9.97 Å². The van der Waals surface area contributed by atoms with Gasteiger partial charge in [0.05, 0.1) is 12.5 Å². The van der Waals surface area contributed by atoms with Gasteiger partial charge in [-0.3, -0.25) is 4.79 Å². The van der Waals surface area contributed by atoms with Gasteiger partial charge in [0.15, 0.2) is 5.82 Å². The number of benzene rings is 1. The Morgan fingerprint density at radius 2 is 2.16 bits per heavy atom. The summed E-state index contributed by atoms with van der Waals surface area (Å²) in [6, 6.07) is 9.97. The van der Waals surface area contributed by atoms with E-state index in [0.29, 0.717) is 24.7 Å². The van der Waals surface area contributed by atoms with Gasteiger partial charge in [0.1, 0.15) is 17.0 Å². The van der Waals surface area contributed by atoms with Gasteiger partial charge in [-0.2, -0.15) is 0 Å². The highest BCUT2D eigenvalue weighted by atomic mass is 32.2. The number of anilines is 2. The second-order valence-electron chi connectivity index (χ2n) is 5.87. The van der Waals surface area contributed by atoms with E-state index in [1.54, 1.807) is 0 Å². The van der Waals surface area contributed by atoms with Crippen LogP contribution in [0.15, 0.2) is 46.6 Å². The topological polar surface area (TPSA) is 81.3 Å². The highest BCUT2D eigenvalue weighted by Gasteiger charge is 2.29. The summed E-state index contributed by atoms with van der Waals surface area (Å²) >= 11 is 1.51. The number of hydrogen-bond donors (Lipinski definition) is 1. The largest absolute Gasteiger partial charge is 0.466 e. The third-order valence-corrected chi connectivity index (χ3v) is 5.15. The zero-order valence-corrected chi connectivity index (χ0v) is 15.0. The van der Waals surface area contributed by atoms with E-state index in [9.17, 15) is 4.79 Å². The SMILES string of the molecule is CCOC(=O)C1CCCN(c2ncnc(Sc3ccccc3)c2N)C1. The van der Waals surface area contributed by atoms with E-state index >= 15 is 0 Å². The molecule has 2 heterocycles. The minimum atomic E-state index is -0.140. The number of carbonyl (C=O) groups excluding carboxylic acids is 1. The lowest BCUT2D eigenvalue weighted by Crippen LogP contribution is -2.40. The Bertz CT molecular complexity index is 726. The van der Waals surface area contributed by atoms with E-state index in [1.807, 2.05) is 37.3 Å². The Morgan fingerprint density at radius 3 is 2.92 bits per heavy atom. The van der Waals surface area contributed by atoms with Crippen LogP contribution < -0.4 is 10.6 Å². The van der Waals surface area contributed by atoms with E-state index in [2.05, 4.69) is 14.9 Å². The van der Waals surface area contributed by atoms with Gasteiger partial charge < -0.3 is 15.4 Å². The number of rotatable bonds is 5. The molecular weight excluding hydrogens is 336 g/mol. The molecule has 2 aromatic rings. The lowest BCUT2D eigenvalue weighted by atomic mass is 9.98. The average Bonchev–Trinajstić information content (AvgIpc) is 2.65. The molecule has 7 heteroatoms. The molecule has 0 bridgehead atoms. The van der Waals surface area contributed by atoms with Crippen molar-refractivity contribution in [2.45, 2.75) is 29.7 Å². The number of hydrogen-bond acceptors (Lipinski definition) is 7. The number of nitrogens with two attached hydrogens (primary N) is 1. The van der Waals surface area contributed by atoms with Crippen molar-refractivity contribution >= 4 is 29.2 Å². The van der Waals surface area contributed by atoms with Crippen molar-refractivity contribution in [3.63, 3.8) is 0 Å². The van der Waals surface area contributed by atoms with Crippen LogP contribution >= 0.6 is 11.8 Å². The monoisotopic (exact) mass is 358 g/mol.